The zero-order chi connectivity index (χ0) is 16.0. The van der Waals surface area contributed by atoms with Crippen molar-refractivity contribution < 1.29 is 10.0 Å². The molecule has 0 saturated carbocycles. The molecular weight excluding hydrogens is 300 g/mol. The molecule has 2 N–H and O–H groups in total. The Bertz CT molecular complexity index is 916. The van der Waals surface area contributed by atoms with Gasteiger partial charge in [0, 0.05) is 11.6 Å². The fourth-order valence-electron chi connectivity index (χ4n) is 2.84. The minimum absolute atomic E-state index is 0.0543. The van der Waals surface area contributed by atoms with E-state index >= 15 is 0 Å². The molecule has 23 heavy (non-hydrogen) atoms. The molecule has 0 spiro atoms. The topological polar surface area (TPSA) is 116 Å². The van der Waals surface area contributed by atoms with Crippen molar-refractivity contribution >= 4 is 23.6 Å². The van der Waals surface area contributed by atoms with E-state index in [2.05, 4.69) is 20.4 Å². The highest BCUT2D eigenvalue weighted by molar-refractivity contribution is 5.85. The van der Waals surface area contributed by atoms with E-state index in [1.165, 1.54) is 17.7 Å². The van der Waals surface area contributed by atoms with Gasteiger partial charge in [-0.25, -0.2) is 10.0 Å². The van der Waals surface area contributed by atoms with E-state index in [4.69, 9.17) is 0 Å². The van der Waals surface area contributed by atoms with Gasteiger partial charge in [0.05, 0.1) is 16.0 Å². The molecule has 0 saturated heterocycles. The third kappa shape index (κ3) is 1.64. The number of aliphatic imine (C=N–C) groups is 2. The van der Waals surface area contributed by atoms with Gasteiger partial charge in [-0.15, -0.1) is 0 Å². The van der Waals surface area contributed by atoms with Gasteiger partial charge in [-0.05, 0) is 18.2 Å². The lowest BCUT2D eigenvalue weighted by Gasteiger charge is -2.26. The molecule has 1 atom stereocenters. The minimum Gasteiger partial charge on any atom is -0.492 e. The number of benzene rings is 1. The van der Waals surface area contributed by atoms with Crippen LogP contribution in [0.25, 0.3) is 10.9 Å². The number of rotatable bonds is 2. The lowest BCUT2D eigenvalue weighted by atomic mass is 9.93. The van der Waals surface area contributed by atoms with E-state index in [1.807, 2.05) is 0 Å². The van der Waals surface area contributed by atoms with Crippen LogP contribution in [0, 0.1) is 10.1 Å². The lowest BCUT2D eigenvalue weighted by molar-refractivity contribution is -0.565. The predicted octanol–water partition coefficient (Wildman–Crippen LogP) is 1.28. The third-order valence-electron chi connectivity index (χ3n) is 3.81. The van der Waals surface area contributed by atoms with Gasteiger partial charge in [-0.1, -0.05) is 12.1 Å². The van der Waals surface area contributed by atoms with Crippen LogP contribution < -0.4 is 5.43 Å². The van der Waals surface area contributed by atoms with E-state index in [0.717, 1.165) is 0 Å². The standard InChI is InChI=1S/C14H10N6O3/c21-13-12-14(20(22)23,17-8-19(12)18-7-16-13)10-4-1-5-11-9(10)3-2-6-15-11/h1-8,21H,(H,16,18)/t14-/m1/s1. The highest BCUT2D eigenvalue weighted by Gasteiger charge is 2.58. The normalized spacial score (nSPS) is 22.3. The van der Waals surface area contributed by atoms with Crippen LogP contribution >= 0.6 is 0 Å². The average molecular weight is 310 g/mol. The maximum absolute atomic E-state index is 12.0. The highest BCUT2D eigenvalue weighted by Crippen LogP contribution is 2.43. The second-order valence-corrected chi connectivity index (χ2v) is 4.98. The molecule has 9 heteroatoms. The average Bonchev–Trinajstić information content (AvgIpc) is 2.96. The number of nitrogens with zero attached hydrogens (tertiary/aromatic N) is 5. The van der Waals surface area contributed by atoms with Gasteiger partial charge in [0.15, 0.2) is 0 Å². The molecule has 3 heterocycles. The Kier molecular flexibility index (Phi) is 2.58. The fourth-order valence-corrected chi connectivity index (χ4v) is 2.84. The summed E-state index contributed by atoms with van der Waals surface area (Å²) in [5.74, 6) is -0.459. The molecule has 0 amide bonds. The second kappa shape index (κ2) is 4.50. The van der Waals surface area contributed by atoms with Crippen molar-refractivity contribution in [1.82, 2.24) is 15.4 Å². The quantitative estimate of drug-likeness (QED) is 0.637. The van der Waals surface area contributed by atoms with Crippen LogP contribution in [0.2, 0.25) is 0 Å². The van der Waals surface area contributed by atoms with Gasteiger partial charge in [-0.3, -0.25) is 20.5 Å². The zero-order valence-electron chi connectivity index (χ0n) is 11.6. The molecule has 2 aliphatic rings. The second-order valence-electron chi connectivity index (χ2n) is 4.98. The van der Waals surface area contributed by atoms with Crippen LogP contribution in [0.5, 0.6) is 0 Å². The van der Waals surface area contributed by atoms with Crippen LogP contribution in [0.15, 0.2) is 58.1 Å². The first-order valence-electron chi connectivity index (χ1n) is 6.70. The molecule has 0 unspecified atom stereocenters. The summed E-state index contributed by atoms with van der Waals surface area (Å²) in [5.41, 5.74) is 1.57. The number of aliphatic hydroxyl groups excluding tert-OH is 1. The van der Waals surface area contributed by atoms with Gasteiger partial charge >= 0.3 is 5.66 Å². The number of nitro groups is 1. The van der Waals surface area contributed by atoms with Crippen molar-refractivity contribution in [3.05, 3.63) is 63.8 Å². The Morgan fingerprint density at radius 3 is 3.00 bits per heavy atom. The SMILES string of the molecule is O=[N+]([O-])[C@@]1(c2cccc3ncccc23)N=CN2NC=NC(O)=C21. The summed E-state index contributed by atoms with van der Waals surface area (Å²) < 4.78 is 0. The highest BCUT2D eigenvalue weighted by atomic mass is 16.6. The van der Waals surface area contributed by atoms with Crippen LogP contribution in [-0.2, 0) is 5.66 Å². The molecule has 0 radical (unpaired) electrons. The van der Waals surface area contributed by atoms with Crippen molar-refractivity contribution in [3.63, 3.8) is 0 Å². The van der Waals surface area contributed by atoms with Crippen LogP contribution in [0.3, 0.4) is 0 Å². The number of nitrogens with one attached hydrogen (secondary N) is 1. The molecule has 1 aromatic carbocycles. The van der Waals surface area contributed by atoms with Crippen LogP contribution in [0.4, 0.5) is 0 Å². The number of hydrogen-bond acceptors (Lipinski definition) is 8. The van der Waals surface area contributed by atoms with Crippen molar-refractivity contribution in [2.24, 2.45) is 9.98 Å². The van der Waals surface area contributed by atoms with Gasteiger partial charge < -0.3 is 5.11 Å². The van der Waals surface area contributed by atoms with Gasteiger partial charge in [0.25, 0.3) is 0 Å². The van der Waals surface area contributed by atoms with Gasteiger partial charge in [-0.2, -0.15) is 4.99 Å². The molecule has 0 bridgehead atoms. The number of hydrogen-bond donors (Lipinski definition) is 2. The first-order valence-corrected chi connectivity index (χ1v) is 6.70. The molecule has 114 valence electrons. The largest absolute Gasteiger partial charge is 0.492 e. The summed E-state index contributed by atoms with van der Waals surface area (Å²) in [5, 5.41) is 23.9. The number of hydrazine groups is 1. The maximum Gasteiger partial charge on any atom is 0.389 e. The molecular formula is C14H10N6O3. The van der Waals surface area contributed by atoms with E-state index in [0.29, 0.717) is 16.5 Å². The van der Waals surface area contributed by atoms with E-state index in [-0.39, 0.29) is 5.70 Å². The third-order valence-corrected chi connectivity index (χ3v) is 3.81. The lowest BCUT2D eigenvalue weighted by Crippen LogP contribution is -2.44. The van der Waals surface area contributed by atoms with Crippen molar-refractivity contribution in [2.75, 3.05) is 0 Å². The minimum atomic E-state index is -1.99. The predicted molar refractivity (Wildman–Crippen MR) is 82.0 cm³/mol. The molecule has 2 aliphatic heterocycles. The smallest absolute Gasteiger partial charge is 0.389 e. The van der Waals surface area contributed by atoms with E-state index < -0.39 is 16.5 Å². The van der Waals surface area contributed by atoms with Crippen LogP contribution in [-0.4, -0.2) is 32.7 Å². The van der Waals surface area contributed by atoms with Gasteiger partial charge in [0.2, 0.25) is 11.6 Å². The summed E-state index contributed by atoms with van der Waals surface area (Å²) in [6, 6.07) is 8.46. The van der Waals surface area contributed by atoms with Crippen molar-refractivity contribution in [2.45, 2.75) is 5.66 Å². The summed E-state index contributed by atoms with van der Waals surface area (Å²) in [6.07, 6.45) is 4.10. The molecule has 9 nitrogen and oxygen atoms in total. The Morgan fingerprint density at radius 2 is 2.17 bits per heavy atom. The van der Waals surface area contributed by atoms with E-state index in [9.17, 15) is 15.2 Å². The van der Waals surface area contributed by atoms with Crippen molar-refractivity contribution in [3.8, 4) is 0 Å². The number of fused-ring (bicyclic) bond motifs is 2. The molecule has 2 aromatic rings. The Balaban J connectivity index is 2.08. The van der Waals surface area contributed by atoms with Crippen LogP contribution in [0.1, 0.15) is 5.56 Å². The summed E-state index contributed by atoms with van der Waals surface area (Å²) in [6.45, 7) is 0. The van der Waals surface area contributed by atoms with Gasteiger partial charge in [0.1, 0.15) is 12.7 Å². The number of aliphatic hydroxyl groups is 1. The first-order chi connectivity index (χ1) is 11.1. The summed E-state index contributed by atoms with van der Waals surface area (Å²) >= 11 is 0. The monoisotopic (exact) mass is 310 g/mol. The summed E-state index contributed by atoms with van der Waals surface area (Å²) in [4.78, 5) is 23.5. The first kappa shape index (κ1) is 13.2. The molecule has 0 aliphatic carbocycles. The number of pyridine rings is 1. The fraction of sp³-hybridized carbons (Fsp3) is 0.0714. The zero-order valence-corrected chi connectivity index (χ0v) is 11.6. The number of aromatic nitrogens is 1. The maximum atomic E-state index is 12.0. The summed E-state index contributed by atoms with van der Waals surface area (Å²) in [7, 11) is 0. The van der Waals surface area contributed by atoms with Crippen molar-refractivity contribution in [1.29, 1.82) is 0 Å². The Morgan fingerprint density at radius 1 is 1.30 bits per heavy atom. The van der Waals surface area contributed by atoms with E-state index in [1.54, 1.807) is 36.5 Å². The molecule has 1 aromatic heterocycles. The Hall–Kier alpha value is -3.49. The molecule has 4 rings (SSSR count). The Labute approximate surface area is 129 Å². The molecule has 0 fully saturated rings.